The average molecular weight is 313 g/mol. The van der Waals surface area contributed by atoms with Crippen LogP contribution >= 0.6 is 0 Å². The molecule has 0 aliphatic carbocycles. The molecule has 0 fully saturated rings. The van der Waals surface area contributed by atoms with Crippen molar-refractivity contribution in [2.45, 2.75) is 33.6 Å². The van der Waals surface area contributed by atoms with Crippen LogP contribution in [0.25, 0.3) is 5.57 Å². The van der Waals surface area contributed by atoms with Crippen molar-refractivity contribution >= 4 is 17.4 Å². The van der Waals surface area contributed by atoms with Crippen LogP contribution in [0.1, 0.15) is 39.2 Å². The SMILES string of the molecule is CCC=CCOc1ccc(C2=C(CC(C)C)C(=O)NC2=O)cc1. The zero-order chi connectivity index (χ0) is 16.8. The Balaban J connectivity index is 2.19. The Morgan fingerprint density at radius 3 is 2.39 bits per heavy atom. The van der Waals surface area contributed by atoms with Gasteiger partial charge in [0.2, 0.25) is 0 Å². The van der Waals surface area contributed by atoms with Gasteiger partial charge in [0.15, 0.2) is 0 Å². The summed E-state index contributed by atoms with van der Waals surface area (Å²) >= 11 is 0. The number of carbonyl (C=O) groups excluding carboxylic acids is 2. The topological polar surface area (TPSA) is 55.4 Å². The molecule has 0 spiro atoms. The summed E-state index contributed by atoms with van der Waals surface area (Å²) in [7, 11) is 0. The molecule has 23 heavy (non-hydrogen) atoms. The Hall–Kier alpha value is -2.36. The van der Waals surface area contributed by atoms with Gasteiger partial charge in [-0.2, -0.15) is 0 Å². The average Bonchev–Trinajstić information content (AvgIpc) is 2.78. The molecule has 4 nitrogen and oxygen atoms in total. The minimum atomic E-state index is -0.315. The monoisotopic (exact) mass is 313 g/mol. The third-order valence-corrected chi connectivity index (χ3v) is 3.53. The molecule has 1 aromatic carbocycles. The fraction of sp³-hybridized carbons (Fsp3) is 0.368. The molecule has 4 heteroatoms. The summed E-state index contributed by atoms with van der Waals surface area (Å²) in [6, 6.07) is 7.30. The number of benzene rings is 1. The number of nitrogens with one attached hydrogen (secondary N) is 1. The Kier molecular flexibility index (Phi) is 5.74. The van der Waals surface area contributed by atoms with Crippen molar-refractivity contribution in [1.82, 2.24) is 5.32 Å². The van der Waals surface area contributed by atoms with Gasteiger partial charge in [0, 0.05) is 5.57 Å². The lowest BCUT2D eigenvalue weighted by Crippen LogP contribution is -2.23. The molecule has 0 unspecified atom stereocenters. The summed E-state index contributed by atoms with van der Waals surface area (Å²) in [5, 5.41) is 2.39. The fourth-order valence-corrected chi connectivity index (χ4v) is 2.50. The number of carbonyl (C=O) groups is 2. The van der Waals surface area contributed by atoms with Gasteiger partial charge in [-0.25, -0.2) is 0 Å². The first-order chi connectivity index (χ1) is 11.0. The number of rotatable bonds is 7. The second kappa shape index (κ2) is 7.77. The van der Waals surface area contributed by atoms with Crippen molar-refractivity contribution in [3.8, 4) is 5.75 Å². The highest BCUT2D eigenvalue weighted by atomic mass is 16.5. The maximum Gasteiger partial charge on any atom is 0.259 e. The summed E-state index contributed by atoms with van der Waals surface area (Å²) in [5.41, 5.74) is 1.81. The van der Waals surface area contributed by atoms with E-state index in [1.165, 1.54) is 0 Å². The summed E-state index contributed by atoms with van der Waals surface area (Å²) in [5.74, 6) is 0.462. The number of hydrogen-bond donors (Lipinski definition) is 1. The van der Waals surface area contributed by atoms with E-state index < -0.39 is 0 Å². The van der Waals surface area contributed by atoms with Crippen molar-refractivity contribution in [1.29, 1.82) is 0 Å². The van der Waals surface area contributed by atoms with E-state index in [4.69, 9.17) is 4.74 Å². The first-order valence-electron chi connectivity index (χ1n) is 8.00. The van der Waals surface area contributed by atoms with Gasteiger partial charge < -0.3 is 4.74 Å². The Labute approximate surface area is 137 Å². The van der Waals surface area contributed by atoms with Crippen LogP contribution in [-0.4, -0.2) is 18.4 Å². The second-order valence-electron chi connectivity index (χ2n) is 5.95. The van der Waals surface area contributed by atoms with Crippen LogP contribution in [0.15, 0.2) is 42.0 Å². The quantitative estimate of drug-likeness (QED) is 0.619. The third-order valence-electron chi connectivity index (χ3n) is 3.53. The molecule has 1 heterocycles. The van der Waals surface area contributed by atoms with E-state index in [2.05, 4.69) is 12.2 Å². The van der Waals surface area contributed by atoms with Gasteiger partial charge in [-0.3, -0.25) is 14.9 Å². The van der Waals surface area contributed by atoms with Gasteiger partial charge in [-0.15, -0.1) is 0 Å². The van der Waals surface area contributed by atoms with E-state index in [1.54, 1.807) is 0 Å². The normalized spacial score (nSPS) is 15.0. The van der Waals surface area contributed by atoms with Gasteiger partial charge in [-0.1, -0.05) is 45.1 Å². The highest BCUT2D eigenvalue weighted by Crippen LogP contribution is 2.29. The molecule has 1 aromatic rings. The first kappa shape index (κ1) is 17.0. The molecule has 1 aliphatic rings. The molecule has 0 atom stereocenters. The van der Waals surface area contributed by atoms with Crippen LogP contribution in [0.3, 0.4) is 0 Å². The Bertz CT molecular complexity index is 639. The van der Waals surface area contributed by atoms with Crippen molar-refractivity contribution < 1.29 is 14.3 Å². The van der Waals surface area contributed by atoms with Gasteiger partial charge in [-0.05, 0) is 36.5 Å². The van der Waals surface area contributed by atoms with Crippen molar-refractivity contribution in [3.05, 3.63) is 47.6 Å². The zero-order valence-corrected chi connectivity index (χ0v) is 13.9. The lowest BCUT2D eigenvalue weighted by atomic mass is 9.95. The molecular weight excluding hydrogens is 290 g/mol. The third kappa shape index (κ3) is 4.31. The van der Waals surface area contributed by atoms with Crippen molar-refractivity contribution in [3.63, 3.8) is 0 Å². The van der Waals surface area contributed by atoms with Crippen LogP contribution in [-0.2, 0) is 9.59 Å². The second-order valence-corrected chi connectivity index (χ2v) is 5.95. The van der Waals surface area contributed by atoms with Crippen LogP contribution in [0.2, 0.25) is 0 Å². The lowest BCUT2D eigenvalue weighted by molar-refractivity contribution is -0.123. The van der Waals surface area contributed by atoms with Crippen LogP contribution in [0.5, 0.6) is 5.75 Å². The van der Waals surface area contributed by atoms with Gasteiger partial charge >= 0.3 is 0 Å². The van der Waals surface area contributed by atoms with Gasteiger partial charge in [0.1, 0.15) is 12.4 Å². The van der Waals surface area contributed by atoms with Gasteiger partial charge in [0.25, 0.3) is 11.8 Å². The minimum absolute atomic E-state index is 0.274. The molecular formula is C19H23NO3. The highest BCUT2D eigenvalue weighted by Gasteiger charge is 2.31. The molecule has 0 radical (unpaired) electrons. The Morgan fingerprint density at radius 2 is 1.78 bits per heavy atom. The lowest BCUT2D eigenvalue weighted by Gasteiger charge is -2.08. The Morgan fingerprint density at radius 1 is 1.09 bits per heavy atom. The van der Waals surface area contributed by atoms with E-state index in [0.29, 0.717) is 30.1 Å². The van der Waals surface area contributed by atoms with E-state index in [1.807, 2.05) is 50.3 Å². The molecule has 1 N–H and O–H groups in total. The van der Waals surface area contributed by atoms with E-state index in [-0.39, 0.29) is 11.8 Å². The van der Waals surface area contributed by atoms with Crippen molar-refractivity contribution in [2.24, 2.45) is 5.92 Å². The zero-order valence-electron chi connectivity index (χ0n) is 13.9. The number of amides is 2. The maximum absolute atomic E-state index is 12.1. The molecule has 0 saturated carbocycles. The van der Waals surface area contributed by atoms with Crippen LogP contribution in [0.4, 0.5) is 0 Å². The van der Waals surface area contributed by atoms with Crippen LogP contribution < -0.4 is 10.1 Å². The predicted octanol–water partition coefficient (Wildman–Crippen LogP) is 3.49. The van der Waals surface area contributed by atoms with E-state index in [9.17, 15) is 9.59 Å². The summed E-state index contributed by atoms with van der Waals surface area (Å²) < 4.78 is 5.59. The fourth-order valence-electron chi connectivity index (χ4n) is 2.50. The molecule has 1 aliphatic heterocycles. The number of allylic oxidation sites excluding steroid dienone is 1. The van der Waals surface area contributed by atoms with Gasteiger partial charge in [0.05, 0.1) is 5.57 Å². The first-order valence-corrected chi connectivity index (χ1v) is 8.00. The molecule has 0 saturated heterocycles. The number of ether oxygens (including phenoxy) is 1. The number of hydrogen-bond acceptors (Lipinski definition) is 3. The molecule has 0 bridgehead atoms. The minimum Gasteiger partial charge on any atom is -0.490 e. The summed E-state index contributed by atoms with van der Waals surface area (Å²) in [4.78, 5) is 24.0. The summed E-state index contributed by atoms with van der Waals surface area (Å²) in [6.45, 7) is 6.65. The number of imide groups is 1. The largest absolute Gasteiger partial charge is 0.490 e. The highest BCUT2D eigenvalue weighted by molar-refractivity contribution is 6.35. The molecule has 122 valence electrons. The smallest absolute Gasteiger partial charge is 0.259 e. The standard InChI is InChI=1S/C19H23NO3/c1-4-5-6-11-23-15-9-7-14(8-10-15)17-16(12-13(2)3)18(21)20-19(17)22/h5-10,13H,4,11-12H2,1-3H3,(H,20,21,22). The maximum atomic E-state index is 12.1. The van der Waals surface area contributed by atoms with Crippen LogP contribution in [0, 0.1) is 5.92 Å². The van der Waals surface area contributed by atoms with E-state index in [0.717, 1.165) is 17.7 Å². The molecule has 2 rings (SSSR count). The van der Waals surface area contributed by atoms with Crippen molar-refractivity contribution in [2.75, 3.05) is 6.61 Å². The predicted molar refractivity (Wildman–Crippen MR) is 90.9 cm³/mol. The molecule has 0 aromatic heterocycles. The molecule has 2 amide bonds. The summed E-state index contributed by atoms with van der Waals surface area (Å²) in [6.07, 6.45) is 5.59. The van der Waals surface area contributed by atoms with E-state index >= 15 is 0 Å².